The molecule has 2 rings (SSSR count). The van der Waals surface area contributed by atoms with E-state index in [9.17, 15) is 22.0 Å². The standard InChI is InChI=1S/C16H20F5N3O4.HI/c1-22-15(23-3-2-4-25-8-16(19,20)21)24-7-10-5-12-13(27-9-26-12)6-11(10)28-14(17)18;/h5-6,14H,2-4,7-9H2,1H3,(H2,22,23,24);1H. The summed E-state index contributed by atoms with van der Waals surface area (Å²) in [6.45, 7) is -4.00. The number of fused-ring (bicyclic) bond motifs is 1. The van der Waals surface area contributed by atoms with Crippen molar-refractivity contribution >= 4 is 29.9 Å². The molecule has 0 fully saturated rings. The van der Waals surface area contributed by atoms with Gasteiger partial charge in [-0.3, -0.25) is 4.99 Å². The van der Waals surface area contributed by atoms with Gasteiger partial charge in [-0.05, 0) is 12.5 Å². The molecular formula is C16H21F5IN3O4. The maximum absolute atomic E-state index is 12.6. The molecule has 0 saturated heterocycles. The molecule has 0 unspecified atom stereocenters. The fourth-order valence-corrected chi connectivity index (χ4v) is 2.28. The van der Waals surface area contributed by atoms with Crippen LogP contribution in [0.15, 0.2) is 17.1 Å². The number of nitrogens with one attached hydrogen (secondary N) is 2. The number of hydrogen-bond acceptors (Lipinski definition) is 5. The second kappa shape index (κ2) is 12.0. The maximum atomic E-state index is 12.6. The maximum Gasteiger partial charge on any atom is 0.411 e. The number of alkyl halides is 5. The number of aliphatic imine (C=N–C) groups is 1. The van der Waals surface area contributed by atoms with Crippen LogP contribution in [-0.2, 0) is 11.3 Å². The van der Waals surface area contributed by atoms with Crippen molar-refractivity contribution < 1.29 is 40.9 Å². The summed E-state index contributed by atoms with van der Waals surface area (Å²) in [5.41, 5.74) is 0.390. The summed E-state index contributed by atoms with van der Waals surface area (Å²) < 4.78 is 80.5. The van der Waals surface area contributed by atoms with E-state index in [1.807, 2.05) is 0 Å². The Bertz CT molecular complexity index is 677. The second-order valence-corrected chi connectivity index (χ2v) is 5.57. The fraction of sp³-hybridized carbons (Fsp3) is 0.562. The molecule has 0 aliphatic carbocycles. The highest BCUT2D eigenvalue weighted by Gasteiger charge is 2.27. The number of halogens is 6. The minimum atomic E-state index is -4.35. The molecule has 2 N–H and O–H groups in total. The van der Waals surface area contributed by atoms with Crippen molar-refractivity contribution in [2.45, 2.75) is 25.8 Å². The fourth-order valence-electron chi connectivity index (χ4n) is 2.28. The average molecular weight is 541 g/mol. The predicted molar refractivity (Wildman–Crippen MR) is 104 cm³/mol. The summed E-state index contributed by atoms with van der Waals surface area (Å²) in [5, 5.41) is 5.79. The van der Waals surface area contributed by atoms with E-state index in [2.05, 4.69) is 25.1 Å². The number of ether oxygens (including phenoxy) is 4. The lowest BCUT2D eigenvalue weighted by Gasteiger charge is -2.15. The monoisotopic (exact) mass is 541 g/mol. The van der Waals surface area contributed by atoms with E-state index in [1.54, 1.807) is 0 Å². The van der Waals surface area contributed by atoms with Crippen molar-refractivity contribution in [3.05, 3.63) is 17.7 Å². The topological polar surface area (TPSA) is 73.3 Å². The van der Waals surface area contributed by atoms with Crippen molar-refractivity contribution in [2.75, 3.05) is 33.6 Å². The molecule has 0 amide bonds. The zero-order chi connectivity index (χ0) is 20.6. The van der Waals surface area contributed by atoms with Crippen LogP contribution in [0.5, 0.6) is 17.2 Å². The third-order valence-corrected chi connectivity index (χ3v) is 3.47. The zero-order valence-corrected chi connectivity index (χ0v) is 17.7. The van der Waals surface area contributed by atoms with Crippen LogP contribution >= 0.6 is 24.0 Å². The minimum absolute atomic E-state index is 0. The first-order valence-corrected chi connectivity index (χ1v) is 8.25. The van der Waals surface area contributed by atoms with Crippen molar-refractivity contribution in [2.24, 2.45) is 4.99 Å². The quantitative estimate of drug-likeness (QED) is 0.165. The van der Waals surface area contributed by atoms with E-state index in [0.717, 1.165) is 0 Å². The molecule has 0 spiro atoms. The lowest BCUT2D eigenvalue weighted by atomic mass is 10.1. The lowest BCUT2D eigenvalue weighted by molar-refractivity contribution is -0.173. The first kappa shape index (κ1) is 25.3. The SMILES string of the molecule is CN=C(NCCCOCC(F)(F)F)NCc1cc2c(cc1OC(F)F)OCO2.I. The van der Waals surface area contributed by atoms with Crippen LogP contribution < -0.4 is 24.8 Å². The van der Waals surface area contributed by atoms with Crippen molar-refractivity contribution in [3.8, 4) is 17.2 Å². The Morgan fingerprint density at radius 3 is 2.52 bits per heavy atom. The van der Waals surface area contributed by atoms with Gasteiger partial charge in [-0.1, -0.05) is 0 Å². The predicted octanol–water partition coefficient (Wildman–Crippen LogP) is 3.27. The molecule has 7 nitrogen and oxygen atoms in total. The van der Waals surface area contributed by atoms with E-state index in [0.29, 0.717) is 36.0 Å². The van der Waals surface area contributed by atoms with Gasteiger partial charge in [-0.2, -0.15) is 22.0 Å². The van der Waals surface area contributed by atoms with E-state index in [-0.39, 0.29) is 49.7 Å². The largest absolute Gasteiger partial charge is 0.454 e. The summed E-state index contributed by atoms with van der Waals surface area (Å²) in [5.74, 6) is 0.975. The van der Waals surface area contributed by atoms with Gasteiger partial charge in [-0.25, -0.2) is 0 Å². The Labute approximate surface area is 180 Å². The second-order valence-electron chi connectivity index (χ2n) is 5.57. The van der Waals surface area contributed by atoms with Crippen LogP contribution in [0.25, 0.3) is 0 Å². The molecule has 166 valence electrons. The molecule has 0 atom stereocenters. The summed E-state index contributed by atoms with van der Waals surface area (Å²) in [6.07, 6.45) is -4.03. The van der Waals surface area contributed by atoms with Crippen molar-refractivity contribution in [3.63, 3.8) is 0 Å². The highest BCUT2D eigenvalue weighted by atomic mass is 127. The summed E-state index contributed by atoms with van der Waals surface area (Å²) in [7, 11) is 1.49. The molecule has 29 heavy (non-hydrogen) atoms. The average Bonchev–Trinajstić information content (AvgIpc) is 3.06. The molecule has 1 aromatic rings. The van der Waals surface area contributed by atoms with Gasteiger partial charge in [0.25, 0.3) is 0 Å². The normalized spacial score (nSPS) is 13.3. The Hall–Kier alpha value is -1.77. The Morgan fingerprint density at radius 2 is 1.90 bits per heavy atom. The molecule has 0 aromatic heterocycles. The van der Waals surface area contributed by atoms with Crippen molar-refractivity contribution in [1.29, 1.82) is 0 Å². The highest BCUT2D eigenvalue weighted by Crippen LogP contribution is 2.38. The number of guanidine groups is 1. The molecule has 0 bridgehead atoms. The van der Waals surface area contributed by atoms with E-state index >= 15 is 0 Å². The third-order valence-electron chi connectivity index (χ3n) is 3.47. The van der Waals surface area contributed by atoms with Crippen molar-refractivity contribution in [1.82, 2.24) is 10.6 Å². The van der Waals surface area contributed by atoms with E-state index in [1.165, 1.54) is 19.2 Å². The van der Waals surface area contributed by atoms with Crippen LogP contribution in [0.4, 0.5) is 22.0 Å². The number of hydrogen-bond donors (Lipinski definition) is 2. The smallest absolute Gasteiger partial charge is 0.411 e. The molecule has 1 heterocycles. The van der Waals surface area contributed by atoms with Gasteiger partial charge in [0.2, 0.25) is 6.79 Å². The molecule has 1 aliphatic heterocycles. The Balaban J connectivity index is 0.00000420. The summed E-state index contributed by atoms with van der Waals surface area (Å²) >= 11 is 0. The first-order valence-electron chi connectivity index (χ1n) is 8.25. The number of rotatable bonds is 9. The number of benzene rings is 1. The Morgan fingerprint density at radius 1 is 1.21 bits per heavy atom. The first-order chi connectivity index (χ1) is 13.3. The van der Waals surface area contributed by atoms with Crippen LogP contribution in [0, 0.1) is 0 Å². The van der Waals surface area contributed by atoms with Gasteiger partial charge in [0.1, 0.15) is 12.4 Å². The van der Waals surface area contributed by atoms with Crippen LogP contribution in [-0.4, -0.2) is 52.3 Å². The molecule has 1 aliphatic rings. The summed E-state index contributed by atoms with van der Waals surface area (Å²) in [6, 6.07) is 2.84. The number of nitrogens with zero attached hydrogens (tertiary/aromatic N) is 1. The zero-order valence-electron chi connectivity index (χ0n) is 15.4. The molecule has 0 radical (unpaired) electrons. The molecular weight excluding hydrogens is 520 g/mol. The Kier molecular flexibility index (Phi) is 10.5. The highest BCUT2D eigenvalue weighted by molar-refractivity contribution is 14.0. The van der Waals surface area contributed by atoms with Gasteiger partial charge in [0.05, 0.1) is 0 Å². The van der Waals surface area contributed by atoms with Gasteiger partial charge in [0.15, 0.2) is 17.5 Å². The van der Waals surface area contributed by atoms with Gasteiger partial charge in [0, 0.05) is 38.4 Å². The summed E-state index contributed by atoms with van der Waals surface area (Å²) in [4.78, 5) is 3.95. The molecule has 13 heteroatoms. The van der Waals surface area contributed by atoms with Gasteiger partial charge in [-0.15, -0.1) is 24.0 Å². The molecule has 1 aromatic carbocycles. The minimum Gasteiger partial charge on any atom is -0.454 e. The van der Waals surface area contributed by atoms with E-state index in [4.69, 9.17) is 9.47 Å². The van der Waals surface area contributed by atoms with Crippen LogP contribution in [0.1, 0.15) is 12.0 Å². The third kappa shape index (κ3) is 9.06. The van der Waals surface area contributed by atoms with Gasteiger partial charge >= 0.3 is 12.8 Å². The van der Waals surface area contributed by atoms with Crippen LogP contribution in [0.2, 0.25) is 0 Å². The van der Waals surface area contributed by atoms with E-state index < -0.39 is 19.4 Å². The van der Waals surface area contributed by atoms with Gasteiger partial charge < -0.3 is 29.6 Å². The lowest BCUT2D eigenvalue weighted by Crippen LogP contribution is -2.37. The van der Waals surface area contributed by atoms with Crippen LogP contribution in [0.3, 0.4) is 0 Å². The molecule has 0 saturated carbocycles.